The minimum Gasteiger partial charge on any atom is -0.389 e. The van der Waals surface area contributed by atoms with E-state index in [4.69, 9.17) is 5.73 Å². The molecule has 0 spiro atoms. The van der Waals surface area contributed by atoms with Crippen LogP contribution in [0.2, 0.25) is 0 Å². The first-order chi connectivity index (χ1) is 12.5. The summed E-state index contributed by atoms with van der Waals surface area (Å²) in [6.45, 7) is 5.76. The van der Waals surface area contributed by atoms with Gasteiger partial charge in [-0.1, -0.05) is 31.2 Å². The number of thiazole rings is 1. The van der Waals surface area contributed by atoms with Gasteiger partial charge in [-0.2, -0.15) is 9.47 Å². The van der Waals surface area contributed by atoms with Crippen molar-refractivity contribution < 1.29 is 4.79 Å². The molecule has 2 heterocycles. The summed E-state index contributed by atoms with van der Waals surface area (Å²) >= 11 is 2.65. The zero-order valence-corrected chi connectivity index (χ0v) is 16.4. The summed E-state index contributed by atoms with van der Waals surface area (Å²) in [6, 6.07) is 8.20. The molecule has 134 valence electrons. The number of nitrogens with zero attached hydrogens (tertiary/aromatic N) is 3. The third-order valence-electron chi connectivity index (χ3n) is 3.92. The van der Waals surface area contributed by atoms with Crippen molar-refractivity contribution in [1.29, 1.82) is 0 Å². The number of nitrogen functional groups attached to an aromatic ring is 1. The number of carbonyl (C=O) groups excluding carboxylic acids is 1. The predicted octanol–water partition coefficient (Wildman–Crippen LogP) is 3.87. The van der Waals surface area contributed by atoms with Crippen LogP contribution in [0.1, 0.15) is 41.2 Å². The Bertz CT molecular complexity index is 937. The Kier molecular flexibility index (Phi) is 5.43. The lowest BCUT2D eigenvalue weighted by atomic mass is 10.1. The topological polar surface area (TPSA) is 93.3 Å². The number of hydrogen-bond donors (Lipinski definition) is 2. The molecule has 6 nitrogen and oxygen atoms in total. The Morgan fingerprint density at radius 3 is 2.65 bits per heavy atom. The fourth-order valence-electron chi connectivity index (χ4n) is 2.47. The molecule has 0 aliphatic carbocycles. The molecule has 1 aromatic carbocycles. The van der Waals surface area contributed by atoms with Gasteiger partial charge >= 0.3 is 0 Å². The highest BCUT2D eigenvalue weighted by molar-refractivity contribution is 7.13. The van der Waals surface area contributed by atoms with Crippen molar-refractivity contribution in [2.24, 2.45) is 5.10 Å². The van der Waals surface area contributed by atoms with Crippen LogP contribution in [0.4, 0.5) is 5.00 Å². The number of rotatable bonds is 5. The average Bonchev–Trinajstić information content (AvgIpc) is 3.27. The first kappa shape index (κ1) is 18.2. The van der Waals surface area contributed by atoms with Gasteiger partial charge in [0.1, 0.15) is 15.7 Å². The SMILES string of the molecule is CCc1ccc(-c2nc(C(=O)N/N=C(/C)c3c(C)nsc3N)cs2)cc1. The summed E-state index contributed by atoms with van der Waals surface area (Å²) in [5.41, 5.74) is 13.2. The van der Waals surface area contributed by atoms with E-state index in [1.54, 1.807) is 12.3 Å². The zero-order valence-electron chi connectivity index (χ0n) is 14.7. The van der Waals surface area contributed by atoms with Crippen LogP contribution in [0.15, 0.2) is 34.7 Å². The maximum absolute atomic E-state index is 12.3. The van der Waals surface area contributed by atoms with E-state index in [0.29, 0.717) is 16.4 Å². The van der Waals surface area contributed by atoms with E-state index in [2.05, 4.69) is 38.9 Å². The quantitative estimate of drug-likeness (QED) is 0.515. The molecule has 0 unspecified atom stereocenters. The first-order valence-electron chi connectivity index (χ1n) is 8.11. The molecule has 0 bridgehead atoms. The molecule has 1 amide bonds. The number of aryl methyl sites for hydroxylation is 2. The van der Waals surface area contributed by atoms with Crippen molar-refractivity contribution in [2.75, 3.05) is 5.73 Å². The summed E-state index contributed by atoms with van der Waals surface area (Å²) in [5.74, 6) is -0.351. The van der Waals surface area contributed by atoms with E-state index in [9.17, 15) is 4.79 Å². The Morgan fingerprint density at radius 2 is 2.04 bits per heavy atom. The lowest BCUT2D eigenvalue weighted by Crippen LogP contribution is -2.20. The Hall–Kier alpha value is -2.58. The monoisotopic (exact) mass is 385 g/mol. The second-order valence-corrected chi connectivity index (χ2v) is 7.40. The maximum Gasteiger partial charge on any atom is 0.290 e. The van der Waals surface area contributed by atoms with Crippen molar-refractivity contribution in [3.05, 3.63) is 52.2 Å². The van der Waals surface area contributed by atoms with Gasteiger partial charge in [0.05, 0.1) is 17.0 Å². The molecule has 0 aliphatic heterocycles. The third kappa shape index (κ3) is 3.81. The van der Waals surface area contributed by atoms with E-state index in [0.717, 1.165) is 28.2 Å². The second-order valence-electron chi connectivity index (χ2n) is 5.73. The second kappa shape index (κ2) is 7.76. The fraction of sp³-hybridized carbons (Fsp3) is 0.222. The minimum atomic E-state index is -0.351. The third-order valence-corrected chi connectivity index (χ3v) is 5.58. The molecule has 0 saturated carbocycles. The maximum atomic E-state index is 12.3. The van der Waals surface area contributed by atoms with Gasteiger partial charge in [0.2, 0.25) is 0 Å². The molecule has 3 N–H and O–H groups in total. The fourth-order valence-corrected chi connectivity index (χ4v) is 3.99. The van der Waals surface area contributed by atoms with Gasteiger partial charge in [0.15, 0.2) is 0 Å². The molecule has 2 aromatic heterocycles. The number of nitrogens with one attached hydrogen (secondary N) is 1. The van der Waals surface area contributed by atoms with Crippen molar-refractivity contribution in [3.8, 4) is 10.6 Å². The van der Waals surface area contributed by atoms with Crippen molar-refractivity contribution in [1.82, 2.24) is 14.8 Å². The van der Waals surface area contributed by atoms with E-state index in [1.165, 1.54) is 28.4 Å². The number of hydrogen-bond acceptors (Lipinski definition) is 7. The Morgan fingerprint density at radius 1 is 1.31 bits per heavy atom. The van der Waals surface area contributed by atoms with Gasteiger partial charge in [-0.25, -0.2) is 10.4 Å². The predicted molar refractivity (Wildman–Crippen MR) is 108 cm³/mol. The summed E-state index contributed by atoms with van der Waals surface area (Å²) in [4.78, 5) is 16.7. The van der Waals surface area contributed by atoms with Gasteiger partial charge < -0.3 is 5.73 Å². The van der Waals surface area contributed by atoms with E-state index in [1.807, 2.05) is 19.1 Å². The van der Waals surface area contributed by atoms with Crippen molar-refractivity contribution >= 4 is 39.5 Å². The molecule has 0 saturated heterocycles. The Labute approximate surface area is 160 Å². The van der Waals surface area contributed by atoms with Gasteiger partial charge in [-0.15, -0.1) is 11.3 Å². The van der Waals surface area contributed by atoms with Gasteiger partial charge in [0.25, 0.3) is 5.91 Å². The standard InChI is InChI=1S/C18H19N5OS2/c1-4-12-5-7-13(8-6-12)18-20-14(9-25-18)17(24)22-21-10(2)15-11(3)23-26-16(15)19/h5-9H,4,19H2,1-3H3,(H,22,24)/b21-10-. The molecule has 3 rings (SSSR count). The van der Waals surface area contributed by atoms with Crippen molar-refractivity contribution in [2.45, 2.75) is 27.2 Å². The molecule has 0 radical (unpaired) electrons. The molecular weight excluding hydrogens is 366 g/mol. The van der Waals surface area contributed by atoms with Gasteiger partial charge in [-0.3, -0.25) is 4.79 Å². The highest BCUT2D eigenvalue weighted by Gasteiger charge is 2.14. The summed E-state index contributed by atoms with van der Waals surface area (Å²) in [6.07, 6.45) is 0.993. The number of carbonyl (C=O) groups is 1. The van der Waals surface area contributed by atoms with Crippen LogP contribution in [0, 0.1) is 6.92 Å². The molecule has 8 heteroatoms. The number of aromatic nitrogens is 2. The van der Waals surface area contributed by atoms with E-state index in [-0.39, 0.29) is 5.91 Å². The average molecular weight is 386 g/mol. The molecule has 0 atom stereocenters. The molecule has 26 heavy (non-hydrogen) atoms. The normalized spacial score (nSPS) is 11.6. The van der Waals surface area contributed by atoms with Crippen LogP contribution < -0.4 is 11.2 Å². The molecule has 0 fully saturated rings. The zero-order chi connectivity index (χ0) is 18.7. The largest absolute Gasteiger partial charge is 0.389 e. The van der Waals surface area contributed by atoms with E-state index < -0.39 is 0 Å². The Balaban J connectivity index is 1.73. The number of benzene rings is 1. The number of amides is 1. The molecule has 3 aromatic rings. The summed E-state index contributed by atoms with van der Waals surface area (Å²) in [7, 11) is 0. The summed E-state index contributed by atoms with van der Waals surface area (Å²) < 4.78 is 4.18. The number of nitrogens with two attached hydrogens (primary N) is 1. The summed E-state index contributed by atoms with van der Waals surface area (Å²) in [5, 5.41) is 7.26. The lowest BCUT2D eigenvalue weighted by molar-refractivity contribution is 0.0950. The number of anilines is 1. The van der Waals surface area contributed by atoms with Gasteiger partial charge in [-0.05, 0) is 37.4 Å². The van der Waals surface area contributed by atoms with Crippen molar-refractivity contribution in [3.63, 3.8) is 0 Å². The smallest absolute Gasteiger partial charge is 0.290 e. The van der Waals surface area contributed by atoms with Crippen LogP contribution in [0.3, 0.4) is 0 Å². The van der Waals surface area contributed by atoms with Gasteiger partial charge in [0, 0.05) is 10.9 Å². The highest BCUT2D eigenvalue weighted by atomic mass is 32.1. The number of hydrazone groups is 1. The van der Waals surface area contributed by atoms with Crippen LogP contribution in [-0.2, 0) is 6.42 Å². The van der Waals surface area contributed by atoms with Crippen LogP contribution >= 0.6 is 22.9 Å². The first-order valence-corrected chi connectivity index (χ1v) is 9.76. The minimum absolute atomic E-state index is 0.342. The highest BCUT2D eigenvalue weighted by Crippen LogP contribution is 2.24. The van der Waals surface area contributed by atoms with Crippen LogP contribution in [0.5, 0.6) is 0 Å². The van der Waals surface area contributed by atoms with E-state index >= 15 is 0 Å². The van der Waals surface area contributed by atoms with Crippen LogP contribution in [-0.4, -0.2) is 21.0 Å². The molecular formula is C18H19N5OS2. The molecule has 0 aliphatic rings. The van der Waals surface area contributed by atoms with Crippen LogP contribution in [0.25, 0.3) is 10.6 Å². The lowest BCUT2D eigenvalue weighted by Gasteiger charge is -2.02.